The minimum absolute atomic E-state index is 0.173. The van der Waals surface area contributed by atoms with Crippen molar-refractivity contribution in [2.75, 3.05) is 19.6 Å². The standard InChI is InChI=1S/C21H25ClN2O/c22-18-8-4-7-17(9-18)12-23-14-20-11-21(25)15-24(20)13-19(23)10-16-5-2-1-3-6-16/h1-9,19-21,25H,10-15H2/t19-,20-,21+/m0/s1. The van der Waals surface area contributed by atoms with Crippen molar-refractivity contribution in [3.8, 4) is 0 Å². The highest BCUT2D eigenvalue weighted by atomic mass is 35.5. The van der Waals surface area contributed by atoms with Crippen molar-refractivity contribution in [1.82, 2.24) is 9.80 Å². The van der Waals surface area contributed by atoms with Gasteiger partial charge < -0.3 is 5.11 Å². The van der Waals surface area contributed by atoms with Crippen LogP contribution in [0.25, 0.3) is 0 Å². The molecule has 0 amide bonds. The van der Waals surface area contributed by atoms with E-state index in [1.165, 1.54) is 11.1 Å². The molecule has 3 nitrogen and oxygen atoms in total. The zero-order valence-electron chi connectivity index (χ0n) is 14.4. The Balaban J connectivity index is 1.53. The first-order valence-electron chi connectivity index (χ1n) is 9.12. The Morgan fingerprint density at radius 3 is 2.56 bits per heavy atom. The van der Waals surface area contributed by atoms with Gasteiger partial charge in [0.05, 0.1) is 6.10 Å². The summed E-state index contributed by atoms with van der Waals surface area (Å²) < 4.78 is 0. The second-order valence-corrected chi connectivity index (χ2v) is 7.84. The van der Waals surface area contributed by atoms with Crippen LogP contribution in [-0.2, 0) is 13.0 Å². The molecule has 2 aliphatic rings. The van der Waals surface area contributed by atoms with E-state index >= 15 is 0 Å². The van der Waals surface area contributed by atoms with Crippen LogP contribution in [-0.4, -0.2) is 52.7 Å². The van der Waals surface area contributed by atoms with Gasteiger partial charge in [0.25, 0.3) is 0 Å². The van der Waals surface area contributed by atoms with Gasteiger partial charge >= 0.3 is 0 Å². The molecule has 0 saturated carbocycles. The fraction of sp³-hybridized carbons (Fsp3) is 0.429. The highest BCUT2D eigenvalue weighted by Crippen LogP contribution is 2.28. The number of halogens is 1. The Hall–Kier alpha value is -1.39. The summed E-state index contributed by atoms with van der Waals surface area (Å²) in [4.78, 5) is 5.06. The normalized spacial score (nSPS) is 27.4. The molecule has 25 heavy (non-hydrogen) atoms. The number of aliphatic hydroxyl groups is 1. The van der Waals surface area contributed by atoms with E-state index in [1.54, 1.807) is 0 Å². The van der Waals surface area contributed by atoms with Gasteiger partial charge in [-0.3, -0.25) is 9.80 Å². The Labute approximate surface area is 154 Å². The van der Waals surface area contributed by atoms with Gasteiger partial charge in [0.15, 0.2) is 0 Å². The fourth-order valence-corrected chi connectivity index (χ4v) is 4.53. The molecule has 1 N–H and O–H groups in total. The minimum Gasteiger partial charge on any atom is -0.392 e. The van der Waals surface area contributed by atoms with E-state index < -0.39 is 0 Å². The second kappa shape index (κ2) is 7.46. The van der Waals surface area contributed by atoms with Gasteiger partial charge in [-0.1, -0.05) is 54.1 Å². The van der Waals surface area contributed by atoms with Crippen molar-refractivity contribution in [3.05, 3.63) is 70.7 Å². The fourth-order valence-electron chi connectivity index (χ4n) is 4.32. The number of hydrogen-bond donors (Lipinski definition) is 1. The summed E-state index contributed by atoms with van der Waals surface area (Å²) in [5, 5.41) is 10.9. The maximum atomic E-state index is 10.1. The van der Waals surface area contributed by atoms with E-state index in [4.69, 9.17) is 11.6 Å². The second-order valence-electron chi connectivity index (χ2n) is 7.40. The molecule has 132 valence electrons. The van der Waals surface area contributed by atoms with Gasteiger partial charge in [0, 0.05) is 43.3 Å². The number of hydrogen-bond acceptors (Lipinski definition) is 3. The molecular formula is C21H25ClN2O. The molecule has 2 fully saturated rings. The Kier molecular flexibility index (Phi) is 5.09. The number of piperazine rings is 1. The van der Waals surface area contributed by atoms with Crippen LogP contribution in [0.4, 0.5) is 0 Å². The Morgan fingerprint density at radius 1 is 0.960 bits per heavy atom. The van der Waals surface area contributed by atoms with E-state index in [0.29, 0.717) is 12.1 Å². The molecule has 2 saturated heterocycles. The van der Waals surface area contributed by atoms with Gasteiger partial charge in [-0.15, -0.1) is 0 Å². The van der Waals surface area contributed by atoms with Crippen molar-refractivity contribution in [2.24, 2.45) is 0 Å². The van der Waals surface area contributed by atoms with E-state index in [0.717, 1.165) is 44.0 Å². The number of fused-ring (bicyclic) bond motifs is 1. The lowest BCUT2D eigenvalue weighted by Gasteiger charge is -2.44. The first kappa shape index (κ1) is 17.0. The first-order valence-corrected chi connectivity index (χ1v) is 9.50. The molecule has 2 aromatic rings. The SMILES string of the molecule is O[C@@H]1C[C@H]2CN(Cc3cccc(Cl)c3)[C@@H](Cc3ccccc3)CN2C1. The molecule has 4 rings (SSSR count). The van der Waals surface area contributed by atoms with Crippen LogP contribution < -0.4 is 0 Å². The lowest BCUT2D eigenvalue weighted by molar-refractivity contribution is 0.0445. The predicted octanol–water partition coefficient (Wildman–Crippen LogP) is 3.20. The van der Waals surface area contributed by atoms with Crippen LogP contribution in [0.3, 0.4) is 0 Å². The number of aliphatic hydroxyl groups excluding tert-OH is 1. The van der Waals surface area contributed by atoms with E-state index in [-0.39, 0.29) is 6.10 Å². The number of rotatable bonds is 4. The summed E-state index contributed by atoms with van der Waals surface area (Å²) in [7, 11) is 0. The van der Waals surface area contributed by atoms with Crippen molar-refractivity contribution in [2.45, 2.75) is 37.6 Å². The summed E-state index contributed by atoms with van der Waals surface area (Å²) in [5.74, 6) is 0. The molecule has 3 atom stereocenters. The van der Waals surface area contributed by atoms with Crippen molar-refractivity contribution in [1.29, 1.82) is 0 Å². The molecule has 2 aliphatic heterocycles. The van der Waals surface area contributed by atoms with E-state index in [1.807, 2.05) is 12.1 Å². The smallest absolute Gasteiger partial charge is 0.0682 e. The van der Waals surface area contributed by atoms with Crippen molar-refractivity contribution < 1.29 is 5.11 Å². The monoisotopic (exact) mass is 356 g/mol. The maximum absolute atomic E-state index is 10.1. The van der Waals surface area contributed by atoms with Gasteiger partial charge in [0.2, 0.25) is 0 Å². The van der Waals surface area contributed by atoms with Crippen LogP contribution in [0.5, 0.6) is 0 Å². The van der Waals surface area contributed by atoms with Gasteiger partial charge in [-0.25, -0.2) is 0 Å². The van der Waals surface area contributed by atoms with Crippen LogP contribution in [0.1, 0.15) is 17.5 Å². The summed E-state index contributed by atoms with van der Waals surface area (Å²) in [5.41, 5.74) is 2.64. The van der Waals surface area contributed by atoms with Gasteiger partial charge in [-0.2, -0.15) is 0 Å². The number of benzene rings is 2. The largest absolute Gasteiger partial charge is 0.392 e. The molecule has 2 aromatic carbocycles. The first-order chi connectivity index (χ1) is 12.2. The number of nitrogens with zero attached hydrogens (tertiary/aromatic N) is 2. The topological polar surface area (TPSA) is 26.7 Å². The molecule has 0 aliphatic carbocycles. The van der Waals surface area contributed by atoms with Crippen LogP contribution in [0.2, 0.25) is 5.02 Å². The zero-order chi connectivity index (χ0) is 17.2. The average Bonchev–Trinajstić information content (AvgIpc) is 2.95. The third-order valence-corrected chi connectivity index (χ3v) is 5.74. The highest BCUT2D eigenvalue weighted by molar-refractivity contribution is 6.30. The molecule has 0 spiro atoms. The summed E-state index contributed by atoms with van der Waals surface area (Å²) in [6.45, 7) is 3.78. The highest BCUT2D eigenvalue weighted by Gasteiger charge is 2.39. The van der Waals surface area contributed by atoms with Gasteiger partial charge in [-0.05, 0) is 36.1 Å². The predicted molar refractivity (Wildman–Crippen MR) is 102 cm³/mol. The lowest BCUT2D eigenvalue weighted by atomic mass is 9.99. The summed E-state index contributed by atoms with van der Waals surface area (Å²) >= 11 is 6.18. The molecule has 2 heterocycles. The van der Waals surface area contributed by atoms with E-state index in [2.05, 4.69) is 52.3 Å². The molecule has 4 heteroatoms. The van der Waals surface area contributed by atoms with Crippen LogP contribution in [0.15, 0.2) is 54.6 Å². The van der Waals surface area contributed by atoms with Crippen molar-refractivity contribution >= 4 is 11.6 Å². The molecule has 0 unspecified atom stereocenters. The van der Waals surface area contributed by atoms with Crippen LogP contribution >= 0.6 is 11.6 Å². The molecule has 0 aromatic heterocycles. The summed E-state index contributed by atoms with van der Waals surface area (Å²) in [6.07, 6.45) is 1.76. The molecule has 0 bridgehead atoms. The van der Waals surface area contributed by atoms with E-state index in [9.17, 15) is 5.11 Å². The van der Waals surface area contributed by atoms with Crippen molar-refractivity contribution in [3.63, 3.8) is 0 Å². The average molecular weight is 357 g/mol. The zero-order valence-corrected chi connectivity index (χ0v) is 15.1. The Bertz CT molecular complexity index is 708. The Morgan fingerprint density at radius 2 is 1.76 bits per heavy atom. The third kappa shape index (κ3) is 4.06. The summed E-state index contributed by atoms with van der Waals surface area (Å²) in [6, 6.07) is 19.8. The lowest BCUT2D eigenvalue weighted by Crippen LogP contribution is -2.56. The molecular weight excluding hydrogens is 332 g/mol. The quantitative estimate of drug-likeness (QED) is 0.911. The third-order valence-electron chi connectivity index (χ3n) is 5.50. The minimum atomic E-state index is -0.173. The van der Waals surface area contributed by atoms with Gasteiger partial charge in [0.1, 0.15) is 0 Å². The van der Waals surface area contributed by atoms with Crippen LogP contribution in [0, 0.1) is 0 Å². The maximum Gasteiger partial charge on any atom is 0.0682 e. The molecule has 0 radical (unpaired) electrons.